The van der Waals surface area contributed by atoms with Gasteiger partial charge in [0.25, 0.3) is 5.91 Å². The Morgan fingerprint density at radius 1 is 1.21 bits per heavy atom. The predicted molar refractivity (Wildman–Crippen MR) is 111 cm³/mol. The third-order valence-electron chi connectivity index (χ3n) is 5.29. The van der Waals surface area contributed by atoms with Crippen LogP contribution in [0.25, 0.3) is 0 Å². The number of ketones is 1. The fourth-order valence-corrected chi connectivity index (χ4v) is 3.90. The summed E-state index contributed by atoms with van der Waals surface area (Å²) in [5.74, 6) is -1.54. The number of rotatable bonds is 8. The molecule has 0 radical (unpaired) electrons. The average molecular weight is 402 g/mol. The van der Waals surface area contributed by atoms with E-state index in [4.69, 9.17) is 0 Å². The van der Waals surface area contributed by atoms with E-state index in [0.29, 0.717) is 12.0 Å². The third kappa shape index (κ3) is 5.48. The van der Waals surface area contributed by atoms with Gasteiger partial charge in [-0.25, -0.2) is 0 Å². The quantitative estimate of drug-likeness (QED) is 0.230. The van der Waals surface area contributed by atoms with E-state index in [0.717, 1.165) is 12.8 Å². The molecule has 29 heavy (non-hydrogen) atoms. The van der Waals surface area contributed by atoms with Gasteiger partial charge in [0.2, 0.25) is 0 Å². The van der Waals surface area contributed by atoms with Crippen LogP contribution in [0.2, 0.25) is 0 Å². The number of phenols is 1. The van der Waals surface area contributed by atoms with Gasteiger partial charge in [0, 0.05) is 5.92 Å². The van der Waals surface area contributed by atoms with Crippen LogP contribution in [0.15, 0.2) is 47.2 Å². The molecule has 0 aliphatic carbocycles. The third-order valence-corrected chi connectivity index (χ3v) is 5.29. The second-order valence-electron chi connectivity index (χ2n) is 8.02. The Kier molecular flexibility index (Phi) is 7.62. The summed E-state index contributed by atoms with van der Waals surface area (Å²) in [6.45, 7) is 8.03. The second-order valence-corrected chi connectivity index (χ2v) is 8.02. The van der Waals surface area contributed by atoms with E-state index in [1.165, 1.54) is 29.8 Å². The van der Waals surface area contributed by atoms with Crippen molar-refractivity contribution in [2.75, 3.05) is 0 Å². The molecule has 4 N–H and O–H groups in total. The van der Waals surface area contributed by atoms with Crippen molar-refractivity contribution in [2.45, 2.75) is 59.1 Å². The predicted octanol–water partition coefficient (Wildman–Crippen LogP) is 3.71. The summed E-state index contributed by atoms with van der Waals surface area (Å²) in [7, 11) is 0. The fraction of sp³-hybridized carbons (Fsp3) is 0.478. The smallest absolute Gasteiger partial charge is 0.259 e. The summed E-state index contributed by atoms with van der Waals surface area (Å²) >= 11 is 0. The minimum Gasteiger partial charge on any atom is -0.511 e. The first kappa shape index (κ1) is 22.7. The maximum absolute atomic E-state index is 12.8. The Bertz CT molecular complexity index is 809. The highest BCUT2D eigenvalue weighted by Gasteiger charge is 2.43. The molecule has 0 bridgehead atoms. The maximum atomic E-state index is 12.8. The topological polar surface area (TPSA) is 107 Å². The number of nitrogens with one attached hydrogen (secondary N) is 1. The standard InChI is InChI=1S/C23H31NO5/c1-5-6-13(2)11-14(3)12-15(4)20(26)18-22(28)19(24-23(18)29)21(27)16-7-9-17(25)10-8-16/h6-10,14-15,19,21,25-27H,5,11-12H2,1-4H3,(H,24,29)/b13-6+,20-18+/t14-,15-,19-,21-/m0/s1. The fourth-order valence-electron chi connectivity index (χ4n) is 3.90. The number of Topliss-reactive ketones (excluding diaryl/α,β-unsaturated/α-hetero) is 1. The number of carbonyl (C=O) groups is 2. The summed E-state index contributed by atoms with van der Waals surface area (Å²) in [5.41, 5.74) is 1.40. The van der Waals surface area contributed by atoms with Crippen molar-refractivity contribution in [3.05, 3.63) is 52.8 Å². The Balaban J connectivity index is 2.14. The summed E-state index contributed by atoms with van der Waals surface area (Å²) < 4.78 is 0. The van der Waals surface area contributed by atoms with Gasteiger partial charge in [-0.3, -0.25) is 9.59 Å². The molecule has 1 aliphatic heterocycles. The lowest BCUT2D eigenvalue weighted by Crippen LogP contribution is -2.35. The average Bonchev–Trinajstić information content (AvgIpc) is 2.95. The Morgan fingerprint density at radius 2 is 1.83 bits per heavy atom. The summed E-state index contributed by atoms with van der Waals surface area (Å²) in [6, 6.07) is 4.59. The van der Waals surface area contributed by atoms with E-state index < -0.39 is 23.8 Å². The number of hydrogen-bond donors (Lipinski definition) is 4. The summed E-state index contributed by atoms with van der Waals surface area (Å²) in [5, 5.41) is 33.0. The van der Waals surface area contributed by atoms with Crippen LogP contribution >= 0.6 is 0 Å². The molecule has 6 nitrogen and oxygen atoms in total. The van der Waals surface area contributed by atoms with Gasteiger partial charge in [0.1, 0.15) is 29.2 Å². The van der Waals surface area contributed by atoms with E-state index in [1.807, 2.05) is 0 Å². The normalized spacial score (nSPS) is 22.2. The molecule has 0 aromatic heterocycles. The lowest BCUT2D eigenvalue weighted by Gasteiger charge is -2.18. The molecular weight excluding hydrogens is 370 g/mol. The van der Waals surface area contributed by atoms with Crippen LogP contribution in [-0.4, -0.2) is 33.1 Å². The van der Waals surface area contributed by atoms with Gasteiger partial charge in [-0.15, -0.1) is 0 Å². The highest BCUT2D eigenvalue weighted by molar-refractivity contribution is 6.27. The zero-order chi connectivity index (χ0) is 21.7. The molecule has 1 aliphatic rings. The molecule has 1 heterocycles. The minimum absolute atomic E-state index is 0.0351. The summed E-state index contributed by atoms with van der Waals surface area (Å²) in [6.07, 6.45) is 3.40. The number of allylic oxidation sites excluding steroid dienone is 3. The van der Waals surface area contributed by atoms with Gasteiger partial charge in [-0.1, -0.05) is 44.6 Å². The first-order chi connectivity index (χ1) is 13.6. The number of aromatic hydroxyl groups is 1. The zero-order valence-corrected chi connectivity index (χ0v) is 17.5. The minimum atomic E-state index is -1.27. The molecule has 0 unspecified atom stereocenters. The lowest BCUT2D eigenvalue weighted by atomic mass is 9.88. The van der Waals surface area contributed by atoms with E-state index >= 15 is 0 Å². The number of aliphatic hydroxyl groups excluding tert-OH is 2. The molecule has 2 rings (SSSR count). The monoisotopic (exact) mass is 401 g/mol. The highest BCUT2D eigenvalue weighted by Crippen LogP contribution is 2.30. The number of amides is 1. The highest BCUT2D eigenvalue weighted by atomic mass is 16.3. The second kappa shape index (κ2) is 9.74. The molecule has 1 aromatic rings. The molecule has 1 saturated heterocycles. The Labute approximate surface area is 172 Å². The van der Waals surface area contributed by atoms with Gasteiger partial charge >= 0.3 is 0 Å². The molecule has 1 fully saturated rings. The van der Waals surface area contributed by atoms with Crippen molar-refractivity contribution >= 4 is 11.7 Å². The van der Waals surface area contributed by atoms with Crippen molar-refractivity contribution in [1.29, 1.82) is 0 Å². The number of benzene rings is 1. The van der Waals surface area contributed by atoms with Crippen molar-refractivity contribution in [2.24, 2.45) is 11.8 Å². The van der Waals surface area contributed by atoms with E-state index in [1.54, 1.807) is 6.92 Å². The van der Waals surface area contributed by atoms with E-state index in [2.05, 4.69) is 32.2 Å². The lowest BCUT2D eigenvalue weighted by molar-refractivity contribution is -0.118. The Hall–Kier alpha value is -2.60. The van der Waals surface area contributed by atoms with Crippen LogP contribution in [0.4, 0.5) is 0 Å². The number of carbonyl (C=O) groups excluding carboxylic acids is 2. The first-order valence-corrected chi connectivity index (χ1v) is 10.1. The SMILES string of the molecule is CC/C=C(\C)C[C@H](C)C[C@H](C)/C(O)=C1\C(=O)N[C@@H]([C@@H](O)c2ccc(O)cc2)C1=O. The van der Waals surface area contributed by atoms with Crippen LogP contribution in [0.1, 0.15) is 58.6 Å². The van der Waals surface area contributed by atoms with Crippen LogP contribution < -0.4 is 5.32 Å². The molecule has 4 atom stereocenters. The van der Waals surface area contributed by atoms with Crippen LogP contribution in [0, 0.1) is 11.8 Å². The van der Waals surface area contributed by atoms with Gasteiger partial charge < -0.3 is 20.6 Å². The van der Waals surface area contributed by atoms with Crippen molar-refractivity contribution in [3.63, 3.8) is 0 Å². The van der Waals surface area contributed by atoms with Crippen LogP contribution in [0.5, 0.6) is 5.75 Å². The molecule has 6 heteroatoms. The van der Waals surface area contributed by atoms with Crippen molar-refractivity contribution in [3.8, 4) is 5.75 Å². The number of aliphatic hydroxyl groups is 2. The largest absolute Gasteiger partial charge is 0.511 e. The number of hydrogen-bond acceptors (Lipinski definition) is 5. The molecule has 1 aromatic carbocycles. The molecular formula is C23H31NO5. The zero-order valence-electron chi connectivity index (χ0n) is 17.5. The maximum Gasteiger partial charge on any atom is 0.259 e. The van der Waals surface area contributed by atoms with Crippen molar-refractivity contribution in [1.82, 2.24) is 5.32 Å². The number of phenolic OH excluding ortho intramolecular Hbond substituents is 1. The van der Waals surface area contributed by atoms with Gasteiger partial charge in [0.05, 0.1) is 0 Å². The van der Waals surface area contributed by atoms with E-state index in [-0.39, 0.29) is 28.9 Å². The van der Waals surface area contributed by atoms with E-state index in [9.17, 15) is 24.9 Å². The first-order valence-electron chi connectivity index (χ1n) is 10.1. The van der Waals surface area contributed by atoms with Gasteiger partial charge in [-0.2, -0.15) is 0 Å². The molecule has 1 amide bonds. The van der Waals surface area contributed by atoms with Crippen molar-refractivity contribution < 1.29 is 24.9 Å². The Morgan fingerprint density at radius 3 is 2.41 bits per heavy atom. The van der Waals surface area contributed by atoms with Crippen LogP contribution in [0.3, 0.4) is 0 Å². The molecule has 0 saturated carbocycles. The van der Waals surface area contributed by atoms with Gasteiger partial charge in [0.15, 0.2) is 5.78 Å². The summed E-state index contributed by atoms with van der Waals surface area (Å²) in [4.78, 5) is 25.1. The van der Waals surface area contributed by atoms with Gasteiger partial charge in [-0.05, 0) is 49.8 Å². The molecule has 158 valence electrons. The van der Waals surface area contributed by atoms with Crippen LogP contribution in [-0.2, 0) is 9.59 Å². The molecule has 0 spiro atoms.